The Morgan fingerprint density at radius 3 is 2.24 bits per heavy atom. The van der Waals surface area contributed by atoms with E-state index in [0.29, 0.717) is 17.0 Å². The van der Waals surface area contributed by atoms with Gasteiger partial charge in [-0.15, -0.1) is 11.8 Å². The van der Waals surface area contributed by atoms with E-state index < -0.39 is 53.5 Å². The highest BCUT2D eigenvalue weighted by Gasteiger charge is 2.71. The minimum atomic E-state index is -6.04. The topological polar surface area (TPSA) is 93.0 Å². The van der Waals surface area contributed by atoms with E-state index in [1.54, 1.807) is 0 Å². The van der Waals surface area contributed by atoms with Crippen LogP contribution in [-0.4, -0.2) is 64.1 Å². The Kier molecular flexibility index (Phi) is 8.88. The number of nitrogens with zero attached hydrogens (tertiary/aromatic N) is 1. The van der Waals surface area contributed by atoms with Crippen LogP contribution < -0.4 is 9.62 Å². The number of amides is 1. The molecule has 2 aromatic carbocycles. The van der Waals surface area contributed by atoms with E-state index in [9.17, 15) is 45.7 Å². The lowest BCUT2D eigenvalue weighted by Gasteiger charge is -2.38. The van der Waals surface area contributed by atoms with Gasteiger partial charge in [0.05, 0.1) is 18.3 Å². The number of aliphatic hydroxyl groups excluding tert-OH is 1. The number of nitrogens with one attached hydrogen (secondary N) is 1. The van der Waals surface area contributed by atoms with Gasteiger partial charge in [0, 0.05) is 34.1 Å². The molecule has 1 amide bonds. The summed E-state index contributed by atoms with van der Waals surface area (Å²) in [5.74, 6) is -0.998. The number of benzene rings is 2. The molecule has 0 aliphatic carbocycles. The molecule has 0 aromatic heterocycles. The summed E-state index contributed by atoms with van der Waals surface area (Å²) in [6, 6.07) is 6.67. The molecule has 3 rings (SSSR count). The second kappa shape index (κ2) is 11.1. The van der Waals surface area contributed by atoms with Crippen LogP contribution in [0.4, 0.5) is 36.4 Å². The number of fused-ring (bicyclic) bond motifs is 1. The maximum absolute atomic E-state index is 13.4. The molecular weight excluding hydrogens is 565 g/mol. The predicted molar refractivity (Wildman–Crippen MR) is 127 cm³/mol. The summed E-state index contributed by atoms with van der Waals surface area (Å²) in [6.45, 7) is 0.426. The van der Waals surface area contributed by atoms with Gasteiger partial charge in [-0.05, 0) is 55.3 Å². The summed E-state index contributed by atoms with van der Waals surface area (Å²) in [6.07, 6.45) is -12.3. The zero-order chi connectivity index (χ0) is 28.5. The predicted octanol–water partition coefficient (Wildman–Crippen LogP) is 4.38. The number of hydrogen-bond acceptors (Lipinski definition) is 7. The molecule has 0 bridgehead atoms. The van der Waals surface area contributed by atoms with E-state index in [0.717, 1.165) is 41.9 Å². The lowest BCUT2D eigenvalue weighted by atomic mass is 9.92. The van der Waals surface area contributed by atoms with Crippen molar-refractivity contribution in [1.82, 2.24) is 5.32 Å². The van der Waals surface area contributed by atoms with Crippen LogP contribution in [0.3, 0.4) is 0 Å². The lowest BCUT2D eigenvalue weighted by molar-refractivity contribution is -0.376. The molecule has 0 radical (unpaired) electrons. The van der Waals surface area contributed by atoms with Crippen LogP contribution in [0.25, 0.3) is 0 Å². The normalized spacial score (nSPS) is 18.1. The smallest absolute Gasteiger partial charge is 0.393 e. The molecule has 0 saturated heterocycles. The first kappa shape index (κ1) is 30.3. The standard InChI is InChI=1S/C23H23F7N2O4S2/c1-20(35,12-33)11-31-19(34)9-15-10-37-18-8-13(21(36,22(25,26)27)23(28,29)30)2-7-17(18)32(15)38-16-5-3-14(24)4-6-16/h2-8,15,33,35-36H,9-12H2,1H3,(H,31,34)/t15-,20+/m1/s1. The molecule has 1 heterocycles. The molecule has 0 saturated carbocycles. The molecule has 38 heavy (non-hydrogen) atoms. The maximum atomic E-state index is 13.4. The van der Waals surface area contributed by atoms with E-state index in [1.165, 1.54) is 23.4 Å². The minimum absolute atomic E-state index is 0.00362. The third-order valence-corrected chi connectivity index (χ3v) is 8.01. The summed E-state index contributed by atoms with van der Waals surface area (Å²) in [4.78, 5) is 13.0. The lowest BCUT2D eigenvalue weighted by Crippen LogP contribution is -2.54. The van der Waals surface area contributed by atoms with E-state index >= 15 is 0 Å². The maximum Gasteiger partial charge on any atom is 0.430 e. The van der Waals surface area contributed by atoms with Gasteiger partial charge in [0.25, 0.3) is 5.60 Å². The van der Waals surface area contributed by atoms with Gasteiger partial charge in [-0.25, -0.2) is 4.39 Å². The van der Waals surface area contributed by atoms with E-state index in [-0.39, 0.29) is 29.3 Å². The number of aliphatic hydroxyl groups is 3. The van der Waals surface area contributed by atoms with Gasteiger partial charge in [0.1, 0.15) is 11.4 Å². The second-order valence-electron chi connectivity index (χ2n) is 8.86. The summed E-state index contributed by atoms with van der Waals surface area (Å²) in [7, 11) is 0. The van der Waals surface area contributed by atoms with E-state index in [4.69, 9.17) is 5.11 Å². The highest BCUT2D eigenvalue weighted by molar-refractivity contribution is 8.02. The van der Waals surface area contributed by atoms with Crippen molar-refractivity contribution >= 4 is 35.3 Å². The van der Waals surface area contributed by atoms with Crippen molar-refractivity contribution < 1.29 is 50.8 Å². The van der Waals surface area contributed by atoms with Gasteiger partial charge in [0.15, 0.2) is 0 Å². The zero-order valence-corrected chi connectivity index (χ0v) is 21.2. The van der Waals surface area contributed by atoms with Crippen LogP contribution in [0.5, 0.6) is 0 Å². The molecule has 15 heteroatoms. The molecule has 0 spiro atoms. The Balaban J connectivity index is 1.97. The van der Waals surface area contributed by atoms with E-state index in [2.05, 4.69) is 5.32 Å². The molecule has 210 valence electrons. The Labute approximate surface area is 221 Å². The number of rotatable bonds is 8. The highest BCUT2D eigenvalue weighted by atomic mass is 32.2. The van der Waals surface area contributed by atoms with Crippen molar-refractivity contribution in [2.45, 2.75) is 52.7 Å². The molecule has 0 fully saturated rings. The SMILES string of the molecule is C[C@@](O)(CO)CNC(=O)C[C@@H]1CSc2cc(C(O)(C(F)(F)F)C(F)(F)F)ccc2N1Sc1ccc(F)cc1. The number of alkyl halides is 6. The number of carbonyl (C=O) groups excluding carboxylic acids is 1. The molecule has 2 atom stereocenters. The van der Waals surface area contributed by atoms with Gasteiger partial charge >= 0.3 is 12.4 Å². The fourth-order valence-electron chi connectivity index (χ4n) is 3.48. The van der Waals surface area contributed by atoms with Gasteiger partial charge in [-0.2, -0.15) is 26.3 Å². The number of anilines is 1. The van der Waals surface area contributed by atoms with Gasteiger partial charge in [0.2, 0.25) is 5.91 Å². The van der Waals surface area contributed by atoms with Crippen molar-refractivity contribution in [1.29, 1.82) is 0 Å². The van der Waals surface area contributed by atoms with Crippen molar-refractivity contribution in [2.75, 3.05) is 23.2 Å². The first-order chi connectivity index (χ1) is 17.5. The monoisotopic (exact) mass is 588 g/mol. The Hall–Kier alpha value is -2.20. The second-order valence-corrected chi connectivity index (χ2v) is 11.0. The van der Waals surface area contributed by atoms with Crippen LogP contribution in [-0.2, 0) is 10.4 Å². The molecule has 0 unspecified atom stereocenters. The molecule has 6 nitrogen and oxygen atoms in total. The summed E-state index contributed by atoms with van der Waals surface area (Å²) < 4.78 is 95.3. The Bertz CT molecular complexity index is 1130. The molecule has 1 aliphatic heterocycles. The zero-order valence-electron chi connectivity index (χ0n) is 19.6. The van der Waals surface area contributed by atoms with E-state index in [1.807, 2.05) is 0 Å². The number of hydrogen-bond donors (Lipinski definition) is 4. The summed E-state index contributed by atoms with van der Waals surface area (Å²) in [5, 5.41) is 31.3. The largest absolute Gasteiger partial charge is 0.430 e. The van der Waals surface area contributed by atoms with Crippen LogP contribution in [0.2, 0.25) is 0 Å². The molecular formula is C23H23F7N2O4S2. The molecule has 4 N–H and O–H groups in total. The van der Waals surface area contributed by atoms with Crippen LogP contribution in [0.1, 0.15) is 18.9 Å². The van der Waals surface area contributed by atoms with Crippen LogP contribution in [0, 0.1) is 5.82 Å². The van der Waals surface area contributed by atoms with Gasteiger partial charge in [-0.1, -0.05) is 6.07 Å². The van der Waals surface area contributed by atoms with Gasteiger partial charge < -0.3 is 24.9 Å². The first-order valence-electron chi connectivity index (χ1n) is 10.9. The first-order valence-corrected chi connectivity index (χ1v) is 12.7. The summed E-state index contributed by atoms with van der Waals surface area (Å²) >= 11 is 1.90. The third kappa shape index (κ3) is 6.50. The van der Waals surface area contributed by atoms with Crippen molar-refractivity contribution in [3.63, 3.8) is 0 Å². The highest BCUT2D eigenvalue weighted by Crippen LogP contribution is 2.52. The molecule has 1 aliphatic rings. The van der Waals surface area contributed by atoms with Gasteiger partial charge in [-0.3, -0.25) is 4.79 Å². The third-order valence-electron chi connectivity index (χ3n) is 5.64. The average Bonchev–Trinajstić information content (AvgIpc) is 2.83. The van der Waals surface area contributed by atoms with Crippen molar-refractivity contribution in [2.24, 2.45) is 0 Å². The fraction of sp³-hybridized carbons (Fsp3) is 0.435. The van der Waals surface area contributed by atoms with Crippen molar-refractivity contribution in [3.05, 3.63) is 53.8 Å². The summed E-state index contributed by atoms with van der Waals surface area (Å²) in [5.41, 5.74) is -7.88. The number of thioether (sulfide) groups is 1. The molecule has 2 aromatic rings. The average molecular weight is 589 g/mol. The Morgan fingerprint density at radius 1 is 1.08 bits per heavy atom. The fourth-order valence-corrected chi connectivity index (χ4v) is 5.84. The van der Waals surface area contributed by atoms with Crippen molar-refractivity contribution in [3.8, 4) is 0 Å². The van der Waals surface area contributed by atoms with Crippen LogP contribution in [0.15, 0.2) is 52.3 Å². The number of halogens is 7. The quantitative estimate of drug-likeness (QED) is 0.269. The number of carbonyl (C=O) groups is 1. The minimum Gasteiger partial charge on any atom is -0.393 e. The Morgan fingerprint density at radius 2 is 1.68 bits per heavy atom. The van der Waals surface area contributed by atoms with Crippen LogP contribution >= 0.6 is 23.7 Å².